The molecule has 1 unspecified atom stereocenters. The third kappa shape index (κ3) is 3.37. The molecule has 1 aromatic rings. The molecule has 24 heavy (non-hydrogen) atoms. The summed E-state index contributed by atoms with van der Waals surface area (Å²) >= 11 is 0. The SMILES string of the molecule is CC(=O)c1cnc2c(c1)C(NC(=O)OC(C)(C)C)CC1(CCC1)O2. The summed E-state index contributed by atoms with van der Waals surface area (Å²) < 4.78 is 11.5. The average molecular weight is 332 g/mol. The lowest BCUT2D eigenvalue weighted by atomic mass is 9.73. The quantitative estimate of drug-likeness (QED) is 0.838. The van der Waals surface area contributed by atoms with Gasteiger partial charge >= 0.3 is 6.09 Å². The molecule has 1 amide bonds. The van der Waals surface area contributed by atoms with Crippen LogP contribution in [0.25, 0.3) is 0 Å². The van der Waals surface area contributed by atoms with Crippen molar-refractivity contribution in [2.45, 2.75) is 70.6 Å². The Morgan fingerprint density at radius 1 is 1.38 bits per heavy atom. The number of alkyl carbamates (subject to hydrolysis) is 1. The highest BCUT2D eigenvalue weighted by atomic mass is 16.6. The van der Waals surface area contributed by atoms with E-state index < -0.39 is 11.7 Å². The second-order valence-electron chi connectivity index (χ2n) is 7.72. The highest BCUT2D eigenvalue weighted by molar-refractivity contribution is 5.94. The van der Waals surface area contributed by atoms with Gasteiger partial charge in [0.2, 0.25) is 5.88 Å². The van der Waals surface area contributed by atoms with Crippen molar-refractivity contribution in [3.8, 4) is 5.88 Å². The lowest BCUT2D eigenvalue weighted by molar-refractivity contribution is -0.0416. The van der Waals surface area contributed by atoms with Gasteiger partial charge in [-0.25, -0.2) is 9.78 Å². The summed E-state index contributed by atoms with van der Waals surface area (Å²) in [5, 5.41) is 2.93. The molecular formula is C18H24N2O4. The first kappa shape index (κ1) is 16.7. The van der Waals surface area contributed by atoms with Crippen LogP contribution in [0.4, 0.5) is 4.79 Å². The van der Waals surface area contributed by atoms with Gasteiger partial charge in [0.15, 0.2) is 5.78 Å². The van der Waals surface area contributed by atoms with Gasteiger partial charge in [-0.3, -0.25) is 4.79 Å². The van der Waals surface area contributed by atoms with Gasteiger partial charge in [0.05, 0.1) is 6.04 Å². The first-order valence-electron chi connectivity index (χ1n) is 8.37. The van der Waals surface area contributed by atoms with Crippen molar-refractivity contribution in [1.82, 2.24) is 10.3 Å². The van der Waals surface area contributed by atoms with E-state index in [0.29, 0.717) is 17.9 Å². The second-order valence-corrected chi connectivity index (χ2v) is 7.72. The Kier molecular flexibility index (Phi) is 4.01. The number of hydrogen-bond acceptors (Lipinski definition) is 5. The van der Waals surface area contributed by atoms with Crippen molar-refractivity contribution in [3.05, 3.63) is 23.4 Å². The lowest BCUT2D eigenvalue weighted by Gasteiger charge is -2.47. The number of nitrogens with one attached hydrogen (secondary N) is 1. The first-order chi connectivity index (χ1) is 11.2. The molecule has 0 bridgehead atoms. The number of carbonyl (C=O) groups is 2. The van der Waals surface area contributed by atoms with Gasteiger partial charge in [-0.15, -0.1) is 0 Å². The molecule has 0 aromatic carbocycles. The van der Waals surface area contributed by atoms with Crippen molar-refractivity contribution in [3.63, 3.8) is 0 Å². The van der Waals surface area contributed by atoms with Crippen LogP contribution in [0.3, 0.4) is 0 Å². The molecule has 2 heterocycles. The maximum absolute atomic E-state index is 12.2. The summed E-state index contributed by atoms with van der Waals surface area (Å²) in [4.78, 5) is 28.2. The molecule has 1 saturated carbocycles. The van der Waals surface area contributed by atoms with E-state index in [1.807, 2.05) is 20.8 Å². The van der Waals surface area contributed by atoms with E-state index >= 15 is 0 Å². The molecule has 6 heteroatoms. The number of pyridine rings is 1. The summed E-state index contributed by atoms with van der Waals surface area (Å²) in [6.45, 7) is 6.98. The minimum Gasteiger partial charge on any atom is -0.471 e. The number of rotatable bonds is 2. The van der Waals surface area contributed by atoms with Crippen molar-refractivity contribution < 1.29 is 19.1 Å². The van der Waals surface area contributed by atoms with Crippen LogP contribution in [0, 0.1) is 0 Å². The molecule has 1 N–H and O–H groups in total. The number of ether oxygens (including phenoxy) is 2. The van der Waals surface area contributed by atoms with E-state index in [1.165, 1.54) is 13.1 Å². The minimum absolute atomic E-state index is 0.0646. The molecule has 0 saturated heterocycles. The number of ketones is 1. The zero-order chi connectivity index (χ0) is 17.5. The summed E-state index contributed by atoms with van der Waals surface area (Å²) in [6.07, 6.45) is 4.75. The predicted octanol–water partition coefficient (Wildman–Crippen LogP) is 3.56. The predicted molar refractivity (Wildman–Crippen MR) is 88.2 cm³/mol. The highest BCUT2D eigenvalue weighted by Gasteiger charge is 2.47. The molecule has 0 radical (unpaired) electrons. The van der Waals surface area contributed by atoms with Crippen LogP contribution in [-0.2, 0) is 4.74 Å². The third-order valence-corrected chi connectivity index (χ3v) is 4.51. The van der Waals surface area contributed by atoms with Gasteiger partial charge < -0.3 is 14.8 Å². The normalized spacial score (nSPS) is 21.2. The number of nitrogens with zero attached hydrogens (tertiary/aromatic N) is 1. The second kappa shape index (κ2) is 5.76. The maximum atomic E-state index is 12.2. The fourth-order valence-electron chi connectivity index (χ4n) is 3.18. The molecule has 1 aromatic heterocycles. The average Bonchev–Trinajstić information content (AvgIpc) is 2.42. The number of Topliss-reactive ketones (excluding diaryl/α,β-unsaturated/α-hetero) is 1. The molecule has 1 atom stereocenters. The zero-order valence-corrected chi connectivity index (χ0v) is 14.6. The van der Waals surface area contributed by atoms with E-state index in [4.69, 9.17) is 9.47 Å². The Morgan fingerprint density at radius 2 is 2.08 bits per heavy atom. The Morgan fingerprint density at radius 3 is 2.62 bits per heavy atom. The van der Waals surface area contributed by atoms with Gasteiger partial charge in [-0.1, -0.05) is 0 Å². The Bertz CT molecular complexity index is 674. The molecule has 1 fully saturated rings. The largest absolute Gasteiger partial charge is 0.471 e. The van der Waals surface area contributed by atoms with Crippen LogP contribution in [0.1, 0.15) is 75.3 Å². The zero-order valence-electron chi connectivity index (χ0n) is 14.6. The van der Waals surface area contributed by atoms with E-state index in [9.17, 15) is 9.59 Å². The number of amides is 1. The van der Waals surface area contributed by atoms with Crippen LogP contribution in [0.2, 0.25) is 0 Å². The maximum Gasteiger partial charge on any atom is 0.408 e. The van der Waals surface area contributed by atoms with E-state index in [-0.39, 0.29) is 17.4 Å². The summed E-state index contributed by atoms with van der Waals surface area (Å²) in [5.41, 5.74) is 0.437. The van der Waals surface area contributed by atoms with Crippen LogP contribution in [-0.4, -0.2) is 28.1 Å². The monoisotopic (exact) mass is 332 g/mol. The van der Waals surface area contributed by atoms with E-state index in [2.05, 4.69) is 10.3 Å². The van der Waals surface area contributed by atoms with Gasteiger partial charge in [-0.2, -0.15) is 0 Å². The van der Waals surface area contributed by atoms with Gasteiger partial charge in [-0.05, 0) is 53.0 Å². The molecule has 2 aliphatic rings. The lowest BCUT2D eigenvalue weighted by Crippen LogP contribution is -2.50. The fourth-order valence-corrected chi connectivity index (χ4v) is 3.18. The van der Waals surface area contributed by atoms with Crippen LogP contribution < -0.4 is 10.1 Å². The molecule has 6 nitrogen and oxygen atoms in total. The van der Waals surface area contributed by atoms with Crippen LogP contribution >= 0.6 is 0 Å². The number of carbonyl (C=O) groups excluding carboxylic acids is 2. The van der Waals surface area contributed by atoms with Crippen molar-refractivity contribution in [2.24, 2.45) is 0 Å². The Hall–Kier alpha value is -2.11. The molecule has 3 rings (SSSR count). The Labute approximate surface area is 141 Å². The van der Waals surface area contributed by atoms with E-state index in [1.54, 1.807) is 6.07 Å². The smallest absolute Gasteiger partial charge is 0.408 e. The van der Waals surface area contributed by atoms with Gasteiger partial charge in [0.25, 0.3) is 0 Å². The number of aromatic nitrogens is 1. The summed E-state index contributed by atoms with van der Waals surface area (Å²) in [7, 11) is 0. The molecule has 1 spiro atoms. The number of hydrogen-bond donors (Lipinski definition) is 1. The summed E-state index contributed by atoms with van der Waals surface area (Å²) in [6, 6.07) is 1.49. The van der Waals surface area contributed by atoms with Gasteiger partial charge in [0.1, 0.15) is 11.2 Å². The van der Waals surface area contributed by atoms with Crippen molar-refractivity contribution in [1.29, 1.82) is 0 Å². The fraction of sp³-hybridized carbons (Fsp3) is 0.611. The van der Waals surface area contributed by atoms with Crippen molar-refractivity contribution in [2.75, 3.05) is 0 Å². The minimum atomic E-state index is -0.564. The summed E-state index contributed by atoms with van der Waals surface area (Å²) in [5.74, 6) is 0.442. The molecule has 130 valence electrons. The third-order valence-electron chi connectivity index (χ3n) is 4.51. The van der Waals surface area contributed by atoms with Crippen LogP contribution in [0.5, 0.6) is 5.88 Å². The highest BCUT2D eigenvalue weighted by Crippen LogP contribution is 2.48. The van der Waals surface area contributed by atoms with Gasteiger partial charge in [0, 0.05) is 23.7 Å². The van der Waals surface area contributed by atoms with E-state index in [0.717, 1.165) is 24.8 Å². The molecule has 1 aliphatic carbocycles. The Balaban J connectivity index is 1.88. The number of fused-ring (bicyclic) bond motifs is 1. The topological polar surface area (TPSA) is 77.5 Å². The first-order valence-corrected chi connectivity index (χ1v) is 8.37. The molecular weight excluding hydrogens is 308 g/mol. The molecule has 1 aliphatic heterocycles. The standard InChI is InChI=1S/C18H24N2O4/c1-11(21)12-8-13-14(20-16(22)24-17(2,3)4)9-18(6-5-7-18)23-15(13)19-10-12/h8,10,14H,5-7,9H2,1-4H3,(H,20,22). The van der Waals surface area contributed by atoms with Crippen molar-refractivity contribution >= 4 is 11.9 Å². The van der Waals surface area contributed by atoms with Crippen LogP contribution in [0.15, 0.2) is 12.3 Å².